The summed E-state index contributed by atoms with van der Waals surface area (Å²) in [5, 5.41) is 10.9. The van der Waals surface area contributed by atoms with Crippen LogP contribution >= 0.6 is 11.3 Å². The van der Waals surface area contributed by atoms with Crippen molar-refractivity contribution in [3.05, 3.63) is 46.3 Å². The van der Waals surface area contributed by atoms with Crippen LogP contribution < -0.4 is 15.4 Å². The number of ether oxygens (including phenoxy) is 1. The maximum absolute atomic E-state index is 5.98. The fourth-order valence-corrected chi connectivity index (χ4v) is 3.54. The normalized spacial score (nSPS) is 15.3. The Bertz CT molecular complexity index is 666. The highest BCUT2D eigenvalue weighted by atomic mass is 32.1. The average Bonchev–Trinajstić information content (AvgIpc) is 3.31. The summed E-state index contributed by atoms with van der Waals surface area (Å²) in [5.74, 6) is 1.55. The maximum Gasteiger partial charge on any atom is 0.213 e. The predicted octanol–water partition coefficient (Wildman–Crippen LogP) is 3.72. The van der Waals surface area contributed by atoms with Gasteiger partial charge in [0.05, 0.1) is 6.54 Å². The molecule has 0 saturated heterocycles. The number of pyridine rings is 1. The Morgan fingerprint density at radius 3 is 2.92 bits per heavy atom. The minimum atomic E-state index is 0.334. The van der Waals surface area contributed by atoms with Crippen LogP contribution in [-0.2, 0) is 13.1 Å². The van der Waals surface area contributed by atoms with Crippen LogP contribution in [0.15, 0.2) is 40.1 Å². The molecule has 0 unspecified atom stereocenters. The van der Waals surface area contributed by atoms with E-state index in [1.165, 1.54) is 18.4 Å². The van der Waals surface area contributed by atoms with Gasteiger partial charge in [0.2, 0.25) is 5.88 Å². The molecule has 1 saturated carbocycles. The van der Waals surface area contributed by atoms with Crippen LogP contribution in [0.1, 0.15) is 43.7 Å². The molecule has 0 atom stereocenters. The molecule has 1 aliphatic carbocycles. The van der Waals surface area contributed by atoms with E-state index in [0.29, 0.717) is 19.2 Å². The lowest BCUT2D eigenvalue weighted by Crippen LogP contribution is -2.36. The minimum absolute atomic E-state index is 0.334. The van der Waals surface area contributed by atoms with Crippen LogP contribution in [0.3, 0.4) is 0 Å². The molecule has 2 aromatic rings. The monoisotopic (exact) mass is 358 g/mol. The zero-order chi connectivity index (χ0) is 17.3. The van der Waals surface area contributed by atoms with Gasteiger partial charge in [0.25, 0.3) is 0 Å². The van der Waals surface area contributed by atoms with Crippen LogP contribution in [-0.4, -0.2) is 23.6 Å². The molecule has 2 N–H and O–H groups in total. The van der Waals surface area contributed by atoms with Gasteiger partial charge in [-0.15, -0.1) is 0 Å². The summed E-state index contributed by atoms with van der Waals surface area (Å²) >= 11 is 1.70. The first-order chi connectivity index (χ1) is 12.3. The largest absolute Gasteiger partial charge is 0.474 e. The van der Waals surface area contributed by atoms with Gasteiger partial charge in [0.1, 0.15) is 6.10 Å². The fourth-order valence-electron chi connectivity index (χ4n) is 2.88. The molecule has 0 radical (unpaired) electrons. The van der Waals surface area contributed by atoms with Gasteiger partial charge in [-0.05, 0) is 66.6 Å². The van der Waals surface area contributed by atoms with Gasteiger partial charge in [0.15, 0.2) is 5.96 Å². The number of nitrogens with one attached hydrogen (secondary N) is 2. The Labute approximate surface area is 153 Å². The topological polar surface area (TPSA) is 58.5 Å². The van der Waals surface area contributed by atoms with Gasteiger partial charge in [-0.3, -0.25) is 0 Å². The molecule has 1 fully saturated rings. The lowest BCUT2D eigenvalue weighted by molar-refractivity contribution is 0.201. The van der Waals surface area contributed by atoms with E-state index in [0.717, 1.165) is 36.8 Å². The summed E-state index contributed by atoms with van der Waals surface area (Å²) in [6.45, 7) is 4.29. The average molecular weight is 359 g/mol. The second-order valence-electron chi connectivity index (χ2n) is 6.21. The molecule has 0 spiro atoms. The molecule has 6 heteroatoms. The number of hydrogen-bond acceptors (Lipinski definition) is 4. The van der Waals surface area contributed by atoms with Gasteiger partial charge in [-0.25, -0.2) is 9.98 Å². The number of rotatable bonds is 7. The van der Waals surface area contributed by atoms with E-state index in [-0.39, 0.29) is 0 Å². The van der Waals surface area contributed by atoms with Crippen LogP contribution in [0.2, 0.25) is 0 Å². The van der Waals surface area contributed by atoms with Crippen molar-refractivity contribution in [3.63, 3.8) is 0 Å². The number of aliphatic imine (C=N–C) groups is 1. The highest BCUT2D eigenvalue weighted by molar-refractivity contribution is 7.07. The first-order valence-corrected chi connectivity index (χ1v) is 9.92. The number of hydrogen-bond donors (Lipinski definition) is 2. The molecular weight excluding hydrogens is 332 g/mol. The highest BCUT2D eigenvalue weighted by Crippen LogP contribution is 2.23. The molecule has 2 heterocycles. The molecular formula is C19H26N4OS. The highest BCUT2D eigenvalue weighted by Gasteiger charge is 2.17. The lowest BCUT2D eigenvalue weighted by atomic mass is 10.2. The first kappa shape index (κ1) is 17.7. The Kier molecular flexibility index (Phi) is 6.68. The van der Waals surface area contributed by atoms with E-state index in [1.807, 2.05) is 18.3 Å². The summed E-state index contributed by atoms with van der Waals surface area (Å²) in [4.78, 5) is 8.97. The number of nitrogens with zero attached hydrogens (tertiary/aromatic N) is 2. The quantitative estimate of drug-likeness (QED) is 0.585. The minimum Gasteiger partial charge on any atom is -0.474 e. The zero-order valence-corrected chi connectivity index (χ0v) is 15.5. The molecule has 2 aromatic heterocycles. The van der Waals surface area contributed by atoms with E-state index in [4.69, 9.17) is 4.74 Å². The van der Waals surface area contributed by atoms with Crippen LogP contribution in [0.25, 0.3) is 0 Å². The SMILES string of the molecule is CCNC(=NCc1ccsc1)NCc1ccnc(OC2CCCC2)c1. The fraction of sp³-hybridized carbons (Fsp3) is 0.474. The van der Waals surface area contributed by atoms with Gasteiger partial charge in [-0.2, -0.15) is 11.3 Å². The van der Waals surface area contributed by atoms with Crippen molar-refractivity contribution in [3.8, 4) is 5.88 Å². The first-order valence-electron chi connectivity index (χ1n) is 8.98. The van der Waals surface area contributed by atoms with E-state index in [1.54, 1.807) is 11.3 Å². The number of guanidine groups is 1. The Hall–Kier alpha value is -2.08. The van der Waals surface area contributed by atoms with Crippen molar-refractivity contribution in [2.45, 2.75) is 51.8 Å². The molecule has 0 aromatic carbocycles. The molecule has 3 rings (SSSR count). The van der Waals surface area contributed by atoms with Crippen molar-refractivity contribution in [1.82, 2.24) is 15.6 Å². The van der Waals surface area contributed by atoms with Crippen molar-refractivity contribution < 1.29 is 4.74 Å². The molecule has 0 amide bonds. The molecule has 0 aliphatic heterocycles. The number of aromatic nitrogens is 1. The lowest BCUT2D eigenvalue weighted by Gasteiger charge is -2.14. The third-order valence-corrected chi connectivity index (χ3v) is 4.92. The third-order valence-electron chi connectivity index (χ3n) is 4.19. The molecule has 134 valence electrons. The van der Waals surface area contributed by atoms with E-state index < -0.39 is 0 Å². The predicted molar refractivity (Wildman–Crippen MR) is 103 cm³/mol. The Morgan fingerprint density at radius 2 is 2.16 bits per heavy atom. The van der Waals surface area contributed by atoms with Crippen molar-refractivity contribution in [2.24, 2.45) is 4.99 Å². The summed E-state index contributed by atoms with van der Waals surface area (Å²) in [5.41, 5.74) is 2.38. The summed E-state index contributed by atoms with van der Waals surface area (Å²) in [6, 6.07) is 6.14. The Balaban J connectivity index is 1.55. The van der Waals surface area contributed by atoms with E-state index >= 15 is 0 Å². The van der Waals surface area contributed by atoms with Crippen molar-refractivity contribution in [1.29, 1.82) is 0 Å². The summed E-state index contributed by atoms with van der Waals surface area (Å²) < 4.78 is 5.98. The van der Waals surface area contributed by atoms with Crippen LogP contribution in [0, 0.1) is 0 Å². The maximum atomic E-state index is 5.98. The van der Waals surface area contributed by atoms with E-state index in [2.05, 4.69) is 44.4 Å². The summed E-state index contributed by atoms with van der Waals surface area (Å²) in [7, 11) is 0. The van der Waals surface area contributed by atoms with Gasteiger partial charge >= 0.3 is 0 Å². The van der Waals surface area contributed by atoms with Crippen molar-refractivity contribution in [2.75, 3.05) is 6.54 Å². The second kappa shape index (κ2) is 9.42. The van der Waals surface area contributed by atoms with E-state index in [9.17, 15) is 0 Å². The van der Waals surface area contributed by atoms with Gasteiger partial charge in [-0.1, -0.05) is 0 Å². The second-order valence-corrected chi connectivity index (χ2v) is 6.99. The van der Waals surface area contributed by atoms with Gasteiger partial charge < -0.3 is 15.4 Å². The molecule has 25 heavy (non-hydrogen) atoms. The third kappa shape index (κ3) is 5.74. The zero-order valence-electron chi connectivity index (χ0n) is 14.7. The van der Waals surface area contributed by atoms with Gasteiger partial charge in [0, 0.05) is 25.4 Å². The van der Waals surface area contributed by atoms with Crippen LogP contribution in [0.4, 0.5) is 0 Å². The Morgan fingerprint density at radius 1 is 1.28 bits per heavy atom. The molecule has 1 aliphatic rings. The molecule has 0 bridgehead atoms. The standard InChI is InChI=1S/C19H26N4OS/c1-2-20-19(23-13-16-8-10-25-14-16)22-12-15-7-9-21-18(11-15)24-17-5-3-4-6-17/h7-11,14,17H,2-6,12-13H2,1H3,(H2,20,22,23). The van der Waals surface area contributed by atoms with Crippen molar-refractivity contribution >= 4 is 17.3 Å². The van der Waals surface area contributed by atoms with Crippen LogP contribution in [0.5, 0.6) is 5.88 Å². The number of thiophene rings is 1. The summed E-state index contributed by atoms with van der Waals surface area (Å²) in [6.07, 6.45) is 6.96. The molecule has 5 nitrogen and oxygen atoms in total. The smallest absolute Gasteiger partial charge is 0.213 e.